The first kappa shape index (κ1) is 24.2. The van der Waals surface area contributed by atoms with Gasteiger partial charge in [0.2, 0.25) is 15.9 Å². The minimum Gasteiger partial charge on any atom is -0.494 e. The zero-order valence-corrected chi connectivity index (χ0v) is 19.0. The molecule has 8 nitrogen and oxygen atoms in total. The SMILES string of the molecule is CCOc1ccc(N(CCCC(=O)Nc2cccc(C(=O)OC)c2C)S(C)(=O)=O)cc1. The molecule has 0 saturated heterocycles. The number of carbonyl (C=O) groups excluding carboxylic acids is 2. The Morgan fingerprint density at radius 3 is 2.35 bits per heavy atom. The number of amides is 1. The smallest absolute Gasteiger partial charge is 0.338 e. The molecule has 0 atom stereocenters. The number of carbonyl (C=O) groups is 2. The van der Waals surface area contributed by atoms with Gasteiger partial charge in [0, 0.05) is 18.7 Å². The van der Waals surface area contributed by atoms with Crippen molar-refractivity contribution in [2.45, 2.75) is 26.7 Å². The molecular weight excluding hydrogens is 420 g/mol. The van der Waals surface area contributed by atoms with Crippen molar-refractivity contribution in [2.24, 2.45) is 0 Å². The highest BCUT2D eigenvalue weighted by atomic mass is 32.2. The van der Waals surface area contributed by atoms with Crippen LogP contribution in [0.4, 0.5) is 11.4 Å². The van der Waals surface area contributed by atoms with Crippen molar-refractivity contribution in [2.75, 3.05) is 36.1 Å². The molecule has 0 aliphatic rings. The normalized spacial score (nSPS) is 11.0. The van der Waals surface area contributed by atoms with Crippen molar-refractivity contribution < 1.29 is 27.5 Å². The second-order valence-corrected chi connectivity index (χ2v) is 8.79. The van der Waals surface area contributed by atoms with Crippen LogP contribution in [0.5, 0.6) is 5.75 Å². The summed E-state index contributed by atoms with van der Waals surface area (Å²) in [4.78, 5) is 24.2. The number of sulfonamides is 1. The number of ether oxygens (including phenoxy) is 2. The molecule has 0 aliphatic carbocycles. The predicted octanol–water partition coefficient (Wildman–Crippen LogP) is 3.37. The van der Waals surface area contributed by atoms with E-state index in [1.165, 1.54) is 11.4 Å². The number of hydrogen-bond acceptors (Lipinski definition) is 6. The topological polar surface area (TPSA) is 102 Å². The van der Waals surface area contributed by atoms with Crippen LogP contribution in [0.2, 0.25) is 0 Å². The van der Waals surface area contributed by atoms with Crippen LogP contribution in [0.3, 0.4) is 0 Å². The van der Waals surface area contributed by atoms with Crippen LogP contribution in [0, 0.1) is 6.92 Å². The van der Waals surface area contributed by atoms with E-state index >= 15 is 0 Å². The summed E-state index contributed by atoms with van der Waals surface area (Å²) in [6.07, 6.45) is 1.57. The van der Waals surface area contributed by atoms with Gasteiger partial charge in [-0.25, -0.2) is 13.2 Å². The van der Waals surface area contributed by atoms with Crippen molar-refractivity contribution in [3.8, 4) is 5.75 Å². The van der Waals surface area contributed by atoms with Crippen molar-refractivity contribution in [3.63, 3.8) is 0 Å². The van der Waals surface area contributed by atoms with Gasteiger partial charge in [-0.15, -0.1) is 0 Å². The Labute approximate surface area is 183 Å². The third-order valence-electron chi connectivity index (χ3n) is 4.61. The molecule has 1 N–H and O–H groups in total. The van der Waals surface area contributed by atoms with E-state index in [1.54, 1.807) is 49.4 Å². The highest BCUT2D eigenvalue weighted by Gasteiger charge is 2.18. The molecule has 0 aliphatic heterocycles. The maximum Gasteiger partial charge on any atom is 0.338 e. The molecule has 0 fully saturated rings. The molecule has 0 heterocycles. The van der Waals surface area contributed by atoms with Gasteiger partial charge in [-0.3, -0.25) is 9.10 Å². The van der Waals surface area contributed by atoms with E-state index in [9.17, 15) is 18.0 Å². The van der Waals surface area contributed by atoms with E-state index in [0.717, 1.165) is 6.26 Å². The van der Waals surface area contributed by atoms with Crippen molar-refractivity contribution in [1.82, 2.24) is 0 Å². The highest BCUT2D eigenvalue weighted by molar-refractivity contribution is 7.92. The standard InChI is InChI=1S/C22H28N2O6S/c1-5-30-18-13-11-17(12-14-18)24(31(4,27)28)15-7-10-21(25)23-20-9-6-8-19(16(20)2)22(26)29-3/h6,8-9,11-14H,5,7,10,15H2,1-4H3,(H,23,25). The van der Waals surface area contributed by atoms with Gasteiger partial charge in [0.1, 0.15) is 5.75 Å². The number of anilines is 2. The zero-order valence-electron chi connectivity index (χ0n) is 18.2. The second-order valence-electron chi connectivity index (χ2n) is 6.88. The summed E-state index contributed by atoms with van der Waals surface area (Å²) in [7, 11) is -2.22. The Balaban J connectivity index is 2.01. The van der Waals surface area contributed by atoms with E-state index in [1.807, 2.05) is 6.92 Å². The lowest BCUT2D eigenvalue weighted by atomic mass is 10.1. The largest absolute Gasteiger partial charge is 0.494 e. The predicted molar refractivity (Wildman–Crippen MR) is 120 cm³/mol. The average Bonchev–Trinajstić information content (AvgIpc) is 2.72. The number of methoxy groups -OCH3 is 1. The number of benzene rings is 2. The molecule has 2 aromatic carbocycles. The molecule has 1 amide bonds. The molecule has 0 unspecified atom stereocenters. The van der Waals surface area contributed by atoms with Crippen molar-refractivity contribution in [1.29, 1.82) is 0 Å². The van der Waals surface area contributed by atoms with Gasteiger partial charge in [-0.05, 0) is 62.2 Å². The summed E-state index contributed by atoms with van der Waals surface area (Å²) < 4.78 is 35.9. The lowest BCUT2D eigenvalue weighted by Gasteiger charge is -2.22. The molecular formula is C22H28N2O6S. The molecule has 168 valence electrons. The zero-order chi connectivity index (χ0) is 23.0. The maximum absolute atomic E-state index is 12.4. The van der Waals surface area contributed by atoms with Crippen molar-refractivity contribution in [3.05, 3.63) is 53.6 Å². The summed E-state index contributed by atoms with van der Waals surface area (Å²) in [6, 6.07) is 11.7. The van der Waals surface area contributed by atoms with Gasteiger partial charge in [0.15, 0.2) is 0 Å². The Morgan fingerprint density at radius 1 is 1.10 bits per heavy atom. The van der Waals surface area contributed by atoms with Crippen LogP contribution in [0.25, 0.3) is 0 Å². The third kappa shape index (κ3) is 6.71. The minimum atomic E-state index is -3.52. The Hall–Kier alpha value is -3.07. The van der Waals surface area contributed by atoms with Gasteiger partial charge < -0.3 is 14.8 Å². The number of nitrogens with one attached hydrogen (secondary N) is 1. The maximum atomic E-state index is 12.4. The summed E-state index contributed by atoms with van der Waals surface area (Å²) in [5.74, 6) is -0.0957. The molecule has 0 saturated carbocycles. The van der Waals surface area contributed by atoms with E-state index in [0.29, 0.717) is 41.3 Å². The van der Waals surface area contributed by atoms with Crippen LogP contribution in [-0.4, -0.2) is 46.8 Å². The minimum absolute atomic E-state index is 0.116. The highest BCUT2D eigenvalue weighted by Crippen LogP contribution is 2.23. The second kappa shape index (κ2) is 10.8. The molecule has 2 aromatic rings. The molecule has 0 bridgehead atoms. The fourth-order valence-electron chi connectivity index (χ4n) is 3.06. The van der Waals surface area contributed by atoms with Crippen LogP contribution in [0.15, 0.2) is 42.5 Å². The molecule has 9 heteroatoms. The monoisotopic (exact) mass is 448 g/mol. The first-order chi connectivity index (χ1) is 14.7. The van der Waals surface area contributed by atoms with Crippen LogP contribution >= 0.6 is 0 Å². The van der Waals surface area contributed by atoms with E-state index < -0.39 is 16.0 Å². The number of hydrogen-bond donors (Lipinski definition) is 1. The Bertz CT molecular complexity index is 1020. The molecule has 0 radical (unpaired) electrons. The number of nitrogens with zero attached hydrogens (tertiary/aromatic N) is 1. The van der Waals surface area contributed by atoms with Crippen LogP contribution in [0.1, 0.15) is 35.7 Å². The van der Waals surface area contributed by atoms with E-state index in [2.05, 4.69) is 5.32 Å². The van der Waals surface area contributed by atoms with Crippen LogP contribution in [-0.2, 0) is 19.6 Å². The van der Waals surface area contributed by atoms with Crippen molar-refractivity contribution >= 4 is 33.3 Å². The lowest BCUT2D eigenvalue weighted by Crippen LogP contribution is -2.31. The van der Waals surface area contributed by atoms with Gasteiger partial charge in [0.25, 0.3) is 0 Å². The number of rotatable bonds is 10. The summed E-state index contributed by atoms with van der Waals surface area (Å²) in [5.41, 5.74) is 2.00. The summed E-state index contributed by atoms with van der Waals surface area (Å²) >= 11 is 0. The molecule has 2 rings (SSSR count). The van der Waals surface area contributed by atoms with E-state index in [4.69, 9.17) is 9.47 Å². The third-order valence-corrected chi connectivity index (χ3v) is 5.81. The first-order valence-electron chi connectivity index (χ1n) is 9.85. The molecule has 0 aromatic heterocycles. The number of esters is 1. The van der Waals surface area contributed by atoms with Gasteiger partial charge >= 0.3 is 5.97 Å². The van der Waals surface area contributed by atoms with Gasteiger partial charge in [-0.2, -0.15) is 0 Å². The first-order valence-corrected chi connectivity index (χ1v) is 11.7. The summed E-state index contributed by atoms with van der Waals surface area (Å²) in [5, 5.41) is 2.77. The summed E-state index contributed by atoms with van der Waals surface area (Å²) in [6.45, 7) is 4.27. The quantitative estimate of drug-likeness (QED) is 0.559. The van der Waals surface area contributed by atoms with Crippen LogP contribution < -0.4 is 14.4 Å². The van der Waals surface area contributed by atoms with Gasteiger partial charge in [-0.1, -0.05) is 6.07 Å². The fourth-order valence-corrected chi connectivity index (χ4v) is 4.03. The average molecular weight is 449 g/mol. The fraction of sp³-hybridized carbons (Fsp3) is 0.364. The Morgan fingerprint density at radius 2 is 1.77 bits per heavy atom. The van der Waals surface area contributed by atoms with E-state index in [-0.39, 0.29) is 18.9 Å². The lowest BCUT2D eigenvalue weighted by molar-refractivity contribution is -0.116. The molecule has 31 heavy (non-hydrogen) atoms. The molecule has 0 spiro atoms. The Kier molecular flexibility index (Phi) is 8.44. The van der Waals surface area contributed by atoms with Gasteiger partial charge in [0.05, 0.1) is 31.2 Å².